The molecule has 1 N–H and O–H groups in total. The van der Waals surface area contributed by atoms with E-state index in [2.05, 4.69) is 15.3 Å². The number of aromatic nitrogens is 2. The van der Waals surface area contributed by atoms with E-state index in [9.17, 15) is 4.79 Å². The summed E-state index contributed by atoms with van der Waals surface area (Å²) in [5, 5.41) is 2.93. The van der Waals surface area contributed by atoms with Gasteiger partial charge < -0.3 is 19.2 Å². The summed E-state index contributed by atoms with van der Waals surface area (Å²) in [6.07, 6.45) is 1.66. The molecule has 0 aliphatic heterocycles. The fraction of sp³-hybridized carbons (Fsp3) is 0.136. The maximum Gasteiger partial charge on any atom is 0.255 e. The number of carbonyl (C=O) groups is 1. The molecule has 2 aromatic carbocycles. The summed E-state index contributed by atoms with van der Waals surface area (Å²) in [4.78, 5) is 21.5. The number of aryl methyl sites for hydroxylation is 1. The van der Waals surface area contributed by atoms with Crippen LogP contribution in [0.1, 0.15) is 15.9 Å². The standard InChI is InChI=1S/C22H19N3O4/c1-13-6-8-16(15(11-13)22-25-20-18(29-22)5-4-10-23-20)24-21(26)14-7-9-17(27-2)19(12-14)28-3/h4-12H,1-3H3,(H,24,26). The fourth-order valence-electron chi connectivity index (χ4n) is 3.00. The number of nitrogens with zero attached hydrogens (tertiary/aromatic N) is 2. The van der Waals surface area contributed by atoms with Gasteiger partial charge in [0.2, 0.25) is 5.89 Å². The Hall–Kier alpha value is -3.87. The van der Waals surface area contributed by atoms with Crippen LogP contribution >= 0.6 is 0 Å². The molecule has 146 valence electrons. The smallest absolute Gasteiger partial charge is 0.255 e. The first kappa shape index (κ1) is 18.5. The Morgan fingerprint density at radius 1 is 1.03 bits per heavy atom. The van der Waals surface area contributed by atoms with Crippen LogP contribution in [-0.2, 0) is 0 Å². The number of nitrogens with one attached hydrogen (secondary N) is 1. The highest BCUT2D eigenvalue weighted by Gasteiger charge is 2.17. The van der Waals surface area contributed by atoms with Crippen molar-refractivity contribution in [2.45, 2.75) is 6.92 Å². The van der Waals surface area contributed by atoms with Crippen LogP contribution in [0.15, 0.2) is 59.1 Å². The van der Waals surface area contributed by atoms with E-state index in [1.165, 1.54) is 7.11 Å². The molecule has 7 heteroatoms. The molecule has 0 radical (unpaired) electrons. The van der Waals surface area contributed by atoms with Crippen molar-refractivity contribution in [3.8, 4) is 23.0 Å². The lowest BCUT2D eigenvalue weighted by Gasteiger charge is -2.12. The van der Waals surface area contributed by atoms with Gasteiger partial charge in [-0.25, -0.2) is 4.98 Å². The van der Waals surface area contributed by atoms with E-state index in [0.717, 1.165) is 5.56 Å². The molecular weight excluding hydrogens is 370 g/mol. The van der Waals surface area contributed by atoms with Crippen molar-refractivity contribution in [2.75, 3.05) is 19.5 Å². The minimum Gasteiger partial charge on any atom is -0.493 e. The third-order valence-corrected chi connectivity index (χ3v) is 4.46. The maximum atomic E-state index is 12.9. The molecule has 0 fully saturated rings. The number of anilines is 1. The van der Waals surface area contributed by atoms with Crippen molar-refractivity contribution in [3.63, 3.8) is 0 Å². The zero-order valence-electron chi connectivity index (χ0n) is 16.2. The third kappa shape index (κ3) is 3.62. The van der Waals surface area contributed by atoms with Crippen molar-refractivity contribution >= 4 is 22.8 Å². The molecule has 0 saturated heterocycles. The minimum absolute atomic E-state index is 0.287. The zero-order valence-corrected chi connectivity index (χ0v) is 16.2. The van der Waals surface area contributed by atoms with Gasteiger partial charge in [0.15, 0.2) is 22.7 Å². The van der Waals surface area contributed by atoms with Gasteiger partial charge >= 0.3 is 0 Å². The number of hydrogen-bond acceptors (Lipinski definition) is 6. The van der Waals surface area contributed by atoms with Crippen LogP contribution in [-0.4, -0.2) is 30.1 Å². The monoisotopic (exact) mass is 389 g/mol. The van der Waals surface area contributed by atoms with Crippen LogP contribution in [0.5, 0.6) is 11.5 Å². The van der Waals surface area contributed by atoms with Crippen molar-refractivity contribution < 1.29 is 18.7 Å². The number of pyridine rings is 1. The van der Waals surface area contributed by atoms with Crippen LogP contribution in [0.25, 0.3) is 22.7 Å². The van der Waals surface area contributed by atoms with Gasteiger partial charge in [0.25, 0.3) is 5.91 Å². The molecular formula is C22H19N3O4. The van der Waals surface area contributed by atoms with Crippen molar-refractivity contribution in [2.24, 2.45) is 0 Å². The summed E-state index contributed by atoms with van der Waals surface area (Å²) < 4.78 is 16.4. The predicted molar refractivity (Wildman–Crippen MR) is 109 cm³/mol. The molecule has 0 aliphatic carbocycles. The topological polar surface area (TPSA) is 86.5 Å². The number of amides is 1. The Balaban J connectivity index is 1.70. The first-order chi connectivity index (χ1) is 14.1. The van der Waals surface area contributed by atoms with E-state index < -0.39 is 0 Å². The first-order valence-corrected chi connectivity index (χ1v) is 8.95. The van der Waals surface area contributed by atoms with Gasteiger partial charge in [0.05, 0.1) is 25.5 Å². The molecule has 0 aliphatic rings. The molecule has 7 nitrogen and oxygen atoms in total. The van der Waals surface area contributed by atoms with E-state index >= 15 is 0 Å². The van der Waals surface area contributed by atoms with Gasteiger partial charge in [-0.3, -0.25) is 4.79 Å². The summed E-state index contributed by atoms with van der Waals surface area (Å²) in [6.45, 7) is 1.96. The van der Waals surface area contributed by atoms with Gasteiger partial charge in [0, 0.05) is 11.8 Å². The minimum atomic E-state index is -0.287. The van der Waals surface area contributed by atoms with E-state index in [-0.39, 0.29) is 5.91 Å². The van der Waals surface area contributed by atoms with Crippen LogP contribution < -0.4 is 14.8 Å². The van der Waals surface area contributed by atoms with Gasteiger partial charge in [0.1, 0.15) is 0 Å². The van der Waals surface area contributed by atoms with Crippen LogP contribution in [0.3, 0.4) is 0 Å². The predicted octanol–water partition coefficient (Wildman–Crippen LogP) is 4.47. The lowest BCUT2D eigenvalue weighted by Crippen LogP contribution is -2.13. The third-order valence-electron chi connectivity index (χ3n) is 4.46. The molecule has 2 aromatic heterocycles. The van der Waals surface area contributed by atoms with Crippen LogP contribution in [0.4, 0.5) is 5.69 Å². The summed E-state index contributed by atoms with van der Waals surface area (Å²) in [6, 6.07) is 14.2. The number of benzene rings is 2. The molecule has 0 saturated carbocycles. The highest BCUT2D eigenvalue weighted by molar-refractivity contribution is 6.06. The van der Waals surface area contributed by atoms with Crippen molar-refractivity contribution in [3.05, 3.63) is 65.9 Å². The molecule has 0 bridgehead atoms. The second-order valence-electron chi connectivity index (χ2n) is 6.42. The highest BCUT2D eigenvalue weighted by Crippen LogP contribution is 2.32. The highest BCUT2D eigenvalue weighted by atomic mass is 16.5. The zero-order chi connectivity index (χ0) is 20.4. The Kier molecular flexibility index (Phi) is 4.87. The largest absolute Gasteiger partial charge is 0.493 e. The number of rotatable bonds is 5. The summed E-state index contributed by atoms with van der Waals surface area (Å²) >= 11 is 0. The van der Waals surface area contributed by atoms with Gasteiger partial charge in [-0.15, -0.1) is 0 Å². The van der Waals surface area contributed by atoms with E-state index in [4.69, 9.17) is 13.9 Å². The number of hydrogen-bond donors (Lipinski definition) is 1. The number of oxazole rings is 1. The molecule has 2 heterocycles. The Bertz CT molecular complexity index is 1170. The average Bonchev–Trinajstić information content (AvgIpc) is 3.18. The van der Waals surface area contributed by atoms with Gasteiger partial charge in [-0.05, 0) is 49.4 Å². The Labute approximate surface area is 167 Å². The Morgan fingerprint density at radius 3 is 2.62 bits per heavy atom. The van der Waals surface area contributed by atoms with Gasteiger partial charge in [-0.1, -0.05) is 11.6 Å². The average molecular weight is 389 g/mol. The quantitative estimate of drug-likeness (QED) is 0.542. The van der Waals surface area contributed by atoms with Crippen molar-refractivity contribution in [1.29, 1.82) is 0 Å². The van der Waals surface area contributed by atoms with Crippen LogP contribution in [0.2, 0.25) is 0 Å². The first-order valence-electron chi connectivity index (χ1n) is 8.95. The molecule has 4 aromatic rings. The fourth-order valence-corrected chi connectivity index (χ4v) is 3.00. The maximum absolute atomic E-state index is 12.9. The second-order valence-corrected chi connectivity index (χ2v) is 6.42. The molecule has 0 unspecified atom stereocenters. The van der Waals surface area contributed by atoms with E-state index in [1.54, 1.807) is 43.6 Å². The molecule has 0 spiro atoms. The molecule has 0 atom stereocenters. The number of fused-ring (bicyclic) bond motifs is 1. The summed E-state index contributed by atoms with van der Waals surface area (Å²) in [5.74, 6) is 1.14. The summed E-state index contributed by atoms with van der Waals surface area (Å²) in [5.41, 5.74) is 3.81. The van der Waals surface area contributed by atoms with Gasteiger partial charge in [-0.2, -0.15) is 4.98 Å². The van der Waals surface area contributed by atoms with Crippen LogP contribution in [0, 0.1) is 6.92 Å². The lowest BCUT2D eigenvalue weighted by molar-refractivity contribution is 0.102. The van der Waals surface area contributed by atoms with E-state index in [1.807, 2.05) is 25.1 Å². The number of methoxy groups -OCH3 is 2. The number of carbonyl (C=O) groups excluding carboxylic acids is 1. The van der Waals surface area contributed by atoms with Crippen molar-refractivity contribution in [1.82, 2.24) is 9.97 Å². The lowest BCUT2D eigenvalue weighted by atomic mass is 10.1. The molecule has 4 rings (SSSR count). The van der Waals surface area contributed by atoms with E-state index in [0.29, 0.717) is 45.4 Å². The molecule has 29 heavy (non-hydrogen) atoms. The molecule has 1 amide bonds. The number of ether oxygens (including phenoxy) is 2. The second kappa shape index (κ2) is 7.63. The summed E-state index contributed by atoms with van der Waals surface area (Å²) in [7, 11) is 3.07. The SMILES string of the molecule is COc1ccc(C(=O)Nc2ccc(C)cc2-c2nc3ncccc3o2)cc1OC. The Morgan fingerprint density at radius 2 is 1.86 bits per heavy atom. The normalized spacial score (nSPS) is 10.7.